The monoisotopic (exact) mass is 778 g/mol. The number of rotatable bonds is 20. The average molecular weight is 779 g/mol. The van der Waals surface area contributed by atoms with Crippen molar-refractivity contribution in [1.29, 1.82) is 0 Å². The van der Waals surface area contributed by atoms with Crippen LogP contribution in [0.15, 0.2) is 35.1 Å². The van der Waals surface area contributed by atoms with Gasteiger partial charge < -0.3 is 49.5 Å². The molecular weight excluding hydrogens is 724 g/mol. The number of nitrogens with zero attached hydrogens (tertiary/aromatic N) is 2. The van der Waals surface area contributed by atoms with E-state index in [-0.39, 0.29) is 36.6 Å². The normalized spacial score (nSPS) is 21.0. The highest BCUT2D eigenvalue weighted by Gasteiger charge is 2.47. The zero-order valence-corrected chi connectivity index (χ0v) is 32.3. The van der Waals surface area contributed by atoms with Gasteiger partial charge in [-0.1, -0.05) is 19.9 Å². The van der Waals surface area contributed by atoms with Gasteiger partial charge in [0.25, 0.3) is 5.56 Å². The lowest BCUT2D eigenvalue weighted by Crippen LogP contribution is -2.45. The van der Waals surface area contributed by atoms with Gasteiger partial charge in [-0.15, -0.1) is 0 Å². The summed E-state index contributed by atoms with van der Waals surface area (Å²) in [7, 11) is 0. The number of aliphatic hydroxyl groups is 1. The maximum absolute atomic E-state index is 14.1. The summed E-state index contributed by atoms with van der Waals surface area (Å²) in [5.41, 5.74) is 7.70. The molecule has 15 nitrogen and oxygen atoms in total. The molecule has 15 heteroatoms. The van der Waals surface area contributed by atoms with Crippen molar-refractivity contribution in [2.45, 2.75) is 82.5 Å². The lowest BCUT2D eigenvalue weighted by atomic mass is 9.66. The number of pyridine rings is 2. The number of carboxylic acids is 1. The summed E-state index contributed by atoms with van der Waals surface area (Å²) >= 11 is 0. The molecule has 0 spiro atoms. The number of carboxylic acid groups (broad SMARTS) is 1. The van der Waals surface area contributed by atoms with Gasteiger partial charge in [-0.25, -0.2) is 9.78 Å². The first kappa shape index (κ1) is 41.4. The minimum Gasteiger partial charge on any atom is -0.481 e. The molecule has 3 aromatic rings. The molecule has 6 rings (SSSR count). The summed E-state index contributed by atoms with van der Waals surface area (Å²) in [4.78, 5) is 56.6. The number of fused-ring (bicyclic) bond motifs is 5. The molecule has 0 radical (unpaired) electrons. The number of carbonyl (C=O) groups is 3. The molecule has 0 unspecified atom stereocenters. The lowest BCUT2D eigenvalue weighted by Gasteiger charge is -2.40. The van der Waals surface area contributed by atoms with Crippen molar-refractivity contribution in [2.24, 2.45) is 11.7 Å². The molecule has 1 amide bonds. The van der Waals surface area contributed by atoms with Crippen LogP contribution in [-0.2, 0) is 55.6 Å². The fourth-order valence-electron chi connectivity index (χ4n) is 8.28. The van der Waals surface area contributed by atoms with Crippen molar-refractivity contribution in [1.82, 2.24) is 14.9 Å². The number of esters is 1. The number of ether oxygens (including phenoxy) is 5. The number of hydrogen-bond donors (Lipinski definition) is 4. The molecule has 2 aliphatic heterocycles. The van der Waals surface area contributed by atoms with Crippen molar-refractivity contribution in [3.8, 4) is 11.4 Å². The van der Waals surface area contributed by atoms with Gasteiger partial charge in [0.2, 0.25) is 5.91 Å². The summed E-state index contributed by atoms with van der Waals surface area (Å²) in [6, 6.07) is 9.69. The van der Waals surface area contributed by atoms with E-state index in [1.54, 1.807) is 10.6 Å². The molecule has 1 aliphatic carbocycles. The molecule has 0 saturated heterocycles. The van der Waals surface area contributed by atoms with Crippen LogP contribution in [0.2, 0.25) is 0 Å². The van der Waals surface area contributed by atoms with Crippen LogP contribution >= 0.6 is 0 Å². The molecule has 1 fully saturated rings. The fraction of sp³-hybridized carbons (Fsp3) is 0.585. The maximum atomic E-state index is 14.1. The van der Waals surface area contributed by atoms with Crippen molar-refractivity contribution in [3.63, 3.8) is 0 Å². The minimum absolute atomic E-state index is 0.158. The van der Waals surface area contributed by atoms with E-state index in [1.165, 1.54) is 0 Å². The number of nitrogens with two attached hydrogens (primary N) is 1. The third kappa shape index (κ3) is 8.67. The zero-order valence-electron chi connectivity index (χ0n) is 32.3. The van der Waals surface area contributed by atoms with Gasteiger partial charge in [0, 0.05) is 41.4 Å². The topological polar surface area (TPSA) is 211 Å². The van der Waals surface area contributed by atoms with Gasteiger partial charge >= 0.3 is 11.9 Å². The Balaban J connectivity index is 1.12. The SMILES string of the molecule is CCC1(CC)OC(=O)[C@@H](O)c2cc3n(c(=O)c21)Cc1cc2cc(C4(CNC(=O)CCOCCOCCOCCOCCN)CCC(C(=O)O)CC4)ccc2nc1-3. The van der Waals surface area contributed by atoms with Gasteiger partial charge in [0.15, 0.2) is 6.10 Å². The number of amides is 1. The highest BCUT2D eigenvalue weighted by molar-refractivity contribution is 5.86. The van der Waals surface area contributed by atoms with Crippen LogP contribution in [0.1, 0.15) is 87.2 Å². The number of hydrogen-bond acceptors (Lipinski definition) is 12. The number of aromatic nitrogens is 2. The number of aliphatic hydroxyl groups excluding tert-OH is 1. The number of aliphatic carboxylic acids is 1. The van der Waals surface area contributed by atoms with Crippen LogP contribution in [0.3, 0.4) is 0 Å². The van der Waals surface area contributed by atoms with E-state index in [2.05, 4.69) is 11.4 Å². The van der Waals surface area contributed by atoms with Crippen molar-refractivity contribution in [2.75, 3.05) is 65.9 Å². The second-order valence-corrected chi connectivity index (χ2v) is 14.8. The van der Waals surface area contributed by atoms with E-state index in [1.807, 2.05) is 32.0 Å². The number of cyclic esters (lactones) is 1. The fourth-order valence-corrected chi connectivity index (χ4v) is 8.28. The van der Waals surface area contributed by atoms with Crippen LogP contribution in [0.5, 0.6) is 0 Å². The smallest absolute Gasteiger partial charge is 0.340 e. The van der Waals surface area contributed by atoms with Crippen molar-refractivity contribution >= 4 is 28.7 Å². The molecule has 1 saturated carbocycles. The third-order valence-corrected chi connectivity index (χ3v) is 11.6. The predicted molar refractivity (Wildman–Crippen MR) is 205 cm³/mol. The molecule has 1 aromatic carbocycles. The van der Waals surface area contributed by atoms with Crippen LogP contribution in [-0.4, -0.2) is 104 Å². The second-order valence-electron chi connectivity index (χ2n) is 14.8. The number of carbonyl (C=O) groups excluding carboxylic acids is 2. The van der Waals surface area contributed by atoms with E-state index in [4.69, 9.17) is 34.4 Å². The Labute approximate surface area is 325 Å². The van der Waals surface area contributed by atoms with Crippen LogP contribution in [0, 0.1) is 5.92 Å². The molecule has 1 atom stereocenters. The van der Waals surface area contributed by atoms with Gasteiger partial charge in [-0.05, 0) is 68.4 Å². The Morgan fingerprint density at radius 1 is 0.946 bits per heavy atom. The average Bonchev–Trinajstić information content (AvgIpc) is 3.56. The second kappa shape index (κ2) is 18.3. The first-order valence-corrected chi connectivity index (χ1v) is 19.7. The van der Waals surface area contributed by atoms with Crippen LogP contribution in [0.4, 0.5) is 0 Å². The van der Waals surface area contributed by atoms with Crippen LogP contribution in [0.25, 0.3) is 22.3 Å². The molecule has 2 aromatic heterocycles. The Morgan fingerprint density at radius 3 is 2.21 bits per heavy atom. The van der Waals surface area contributed by atoms with Gasteiger partial charge in [0.1, 0.15) is 5.60 Å². The summed E-state index contributed by atoms with van der Waals surface area (Å²) < 4.78 is 29.1. The summed E-state index contributed by atoms with van der Waals surface area (Å²) in [5.74, 6) is -2.17. The summed E-state index contributed by atoms with van der Waals surface area (Å²) in [6.45, 7) is 8.12. The quantitative estimate of drug-likeness (QED) is 0.0752. The summed E-state index contributed by atoms with van der Waals surface area (Å²) in [6.07, 6.45) is 1.54. The van der Waals surface area contributed by atoms with Gasteiger partial charge in [-0.2, -0.15) is 0 Å². The standard InChI is InChI=1S/C41H54N4O11/c1-3-41(4-2)34-30(36(47)39(51)56-41)23-32-35-28(24-45(32)37(34)48)21-27-22-29(5-6-31(27)44-35)40(10-7-26(8-11-40)38(49)50)25-43-33(46)9-13-52-15-17-54-19-20-55-18-16-53-14-12-42/h5-6,21-23,26,36,47H,3-4,7-20,24-25,42H2,1-2H3,(H,43,46)(H,49,50)/t26?,36-,40?/m0/s1. The molecule has 4 heterocycles. The Kier molecular flexibility index (Phi) is 13.6. The third-order valence-electron chi connectivity index (χ3n) is 11.6. The molecule has 56 heavy (non-hydrogen) atoms. The van der Waals surface area contributed by atoms with Gasteiger partial charge in [-0.3, -0.25) is 14.4 Å². The predicted octanol–water partition coefficient (Wildman–Crippen LogP) is 3.07. The summed E-state index contributed by atoms with van der Waals surface area (Å²) in [5, 5.41) is 24.5. The number of nitrogens with one attached hydrogen (secondary N) is 1. The first-order valence-electron chi connectivity index (χ1n) is 19.7. The van der Waals surface area contributed by atoms with E-state index in [9.17, 15) is 29.4 Å². The molecular formula is C41H54N4O11. The number of benzene rings is 1. The van der Waals surface area contributed by atoms with E-state index in [0.717, 1.165) is 16.5 Å². The Bertz CT molecular complexity index is 1950. The highest BCUT2D eigenvalue weighted by atomic mass is 16.6. The van der Waals surface area contributed by atoms with E-state index >= 15 is 0 Å². The maximum Gasteiger partial charge on any atom is 0.340 e. The van der Waals surface area contributed by atoms with Crippen LogP contribution < -0.4 is 16.6 Å². The Morgan fingerprint density at radius 2 is 1.59 bits per heavy atom. The first-order chi connectivity index (χ1) is 27.1. The zero-order chi connectivity index (χ0) is 39.9. The van der Waals surface area contributed by atoms with E-state index in [0.29, 0.717) is 120 Å². The Hall–Kier alpha value is -4.25. The molecule has 304 valence electrons. The van der Waals surface area contributed by atoms with Crippen molar-refractivity contribution < 1.29 is 48.3 Å². The van der Waals surface area contributed by atoms with E-state index < -0.39 is 35.0 Å². The highest BCUT2D eigenvalue weighted by Crippen LogP contribution is 2.45. The lowest BCUT2D eigenvalue weighted by molar-refractivity contribution is -0.177. The molecule has 3 aliphatic rings. The molecule has 5 N–H and O–H groups in total. The minimum atomic E-state index is -1.56. The van der Waals surface area contributed by atoms with Crippen molar-refractivity contribution in [3.05, 3.63) is 62.9 Å². The molecule has 0 bridgehead atoms. The largest absolute Gasteiger partial charge is 0.481 e. The van der Waals surface area contributed by atoms with Gasteiger partial charge in [0.05, 0.1) is 87.8 Å².